The van der Waals surface area contributed by atoms with Crippen molar-refractivity contribution >= 4 is 11.6 Å². The first-order chi connectivity index (χ1) is 19.0. The minimum atomic E-state index is 0.00960. The highest BCUT2D eigenvalue weighted by Gasteiger charge is 2.13. The maximum atomic E-state index is 12.7. The first-order valence-corrected chi connectivity index (χ1v) is 12.4. The van der Waals surface area contributed by atoms with E-state index >= 15 is 0 Å². The van der Waals surface area contributed by atoms with Crippen LogP contribution in [0, 0.1) is 0 Å². The number of carbonyl (C=O) groups is 2. The number of hydrogen-bond donors (Lipinski definition) is 0. The molecule has 0 spiro atoms. The molecule has 1 aromatic heterocycles. The van der Waals surface area contributed by atoms with Crippen molar-refractivity contribution in [3.05, 3.63) is 119 Å². The molecule has 0 fully saturated rings. The Kier molecular flexibility index (Phi) is 7.59. The van der Waals surface area contributed by atoms with Crippen molar-refractivity contribution in [3.63, 3.8) is 0 Å². The molecule has 0 aliphatic rings. The molecule has 5 rings (SSSR count). The molecule has 0 radical (unpaired) electrons. The zero-order valence-electron chi connectivity index (χ0n) is 21.6. The van der Waals surface area contributed by atoms with Gasteiger partial charge in [-0.3, -0.25) is 9.59 Å². The summed E-state index contributed by atoms with van der Waals surface area (Å²) in [4.78, 5) is 25.3. The molecule has 0 unspecified atom stereocenters. The van der Waals surface area contributed by atoms with Gasteiger partial charge in [-0.05, 0) is 59.7 Å². The third-order valence-electron chi connectivity index (χ3n) is 6.34. The summed E-state index contributed by atoms with van der Waals surface area (Å²) in [6.45, 7) is 0. The van der Waals surface area contributed by atoms with E-state index in [2.05, 4.69) is 10.2 Å². The van der Waals surface area contributed by atoms with Gasteiger partial charge in [0.25, 0.3) is 0 Å². The molecule has 0 N–H and O–H groups in total. The lowest BCUT2D eigenvalue weighted by Crippen LogP contribution is -2.03. The van der Waals surface area contributed by atoms with Crippen molar-refractivity contribution in [2.24, 2.45) is 0 Å². The standard InChI is InChI=1S/C32H26N2O5/c1-37-27-7-3-5-25(19-27)29(35)17-21-9-13-23(14-10-21)31-33-34-32(39-31)24-15-11-22(12-16-24)18-30(36)26-6-4-8-28(20-26)38-2/h3-16,19-20H,17-18H2,1-2H3. The number of rotatable bonds is 10. The molecule has 4 aromatic carbocycles. The molecular weight excluding hydrogens is 492 g/mol. The Morgan fingerprint density at radius 1 is 0.615 bits per heavy atom. The zero-order chi connectivity index (χ0) is 27.2. The van der Waals surface area contributed by atoms with Gasteiger partial charge in [0.05, 0.1) is 14.2 Å². The van der Waals surface area contributed by atoms with Crippen LogP contribution in [0.5, 0.6) is 11.5 Å². The van der Waals surface area contributed by atoms with Crippen LogP contribution in [0.15, 0.2) is 101 Å². The van der Waals surface area contributed by atoms with Crippen LogP contribution in [0.4, 0.5) is 0 Å². The minimum absolute atomic E-state index is 0.00960. The van der Waals surface area contributed by atoms with E-state index < -0.39 is 0 Å². The van der Waals surface area contributed by atoms with Gasteiger partial charge in [0.1, 0.15) is 11.5 Å². The number of hydrogen-bond acceptors (Lipinski definition) is 7. The summed E-state index contributed by atoms with van der Waals surface area (Å²) >= 11 is 0. The molecular formula is C32H26N2O5. The van der Waals surface area contributed by atoms with Crippen molar-refractivity contribution in [3.8, 4) is 34.4 Å². The van der Waals surface area contributed by atoms with Gasteiger partial charge in [-0.2, -0.15) is 0 Å². The summed E-state index contributed by atoms with van der Waals surface area (Å²) in [5.74, 6) is 2.09. The SMILES string of the molecule is COc1cccc(C(=O)Cc2ccc(-c3nnc(-c4ccc(CC(=O)c5cccc(OC)c5)cc4)o3)cc2)c1. The molecule has 0 bridgehead atoms. The van der Waals surface area contributed by atoms with Crippen molar-refractivity contribution in [2.75, 3.05) is 14.2 Å². The van der Waals surface area contributed by atoms with Gasteiger partial charge in [0, 0.05) is 35.1 Å². The number of ether oxygens (including phenoxy) is 2. The van der Waals surface area contributed by atoms with E-state index in [-0.39, 0.29) is 24.4 Å². The number of aromatic nitrogens is 2. The summed E-state index contributed by atoms with van der Waals surface area (Å²) in [7, 11) is 3.15. The van der Waals surface area contributed by atoms with Gasteiger partial charge >= 0.3 is 0 Å². The summed E-state index contributed by atoms with van der Waals surface area (Å²) in [5, 5.41) is 8.37. The van der Waals surface area contributed by atoms with Crippen LogP contribution in [0.2, 0.25) is 0 Å². The molecule has 0 amide bonds. The molecule has 39 heavy (non-hydrogen) atoms. The van der Waals surface area contributed by atoms with Gasteiger partial charge in [0.2, 0.25) is 11.8 Å². The van der Waals surface area contributed by atoms with Crippen LogP contribution in [0.3, 0.4) is 0 Å². The average Bonchev–Trinajstić information content (AvgIpc) is 3.48. The van der Waals surface area contributed by atoms with E-state index in [1.54, 1.807) is 50.6 Å². The largest absolute Gasteiger partial charge is 0.497 e. The molecule has 5 aromatic rings. The molecule has 1 heterocycles. The fraction of sp³-hybridized carbons (Fsp3) is 0.125. The van der Waals surface area contributed by atoms with Crippen LogP contribution in [-0.2, 0) is 12.8 Å². The topological polar surface area (TPSA) is 91.5 Å². The maximum absolute atomic E-state index is 12.7. The number of methoxy groups -OCH3 is 2. The first-order valence-electron chi connectivity index (χ1n) is 12.4. The Morgan fingerprint density at radius 2 is 1.03 bits per heavy atom. The molecule has 0 saturated heterocycles. The quantitative estimate of drug-likeness (QED) is 0.201. The van der Waals surface area contributed by atoms with Gasteiger partial charge in [-0.15, -0.1) is 10.2 Å². The van der Waals surface area contributed by atoms with Gasteiger partial charge in [0.15, 0.2) is 11.6 Å². The highest BCUT2D eigenvalue weighted by atomic mass is 16.5. The summed E-state index contributed by atoms with van der Waals surface area (Å²) in [6, 6.07) is 29.2. The molecule has 0 aliphatic carbocycles. The van der Waals surface area contributed by atoms with Crippen LogP contribution >= 0.6 is 0 Å². The predicted molar refractivity (Wildman–Crippen MR) is 147 cm³/mol. The van der Waals surface area contributed by atoms with Crippen molar-refractivity contribution in [2.45, 2.75) is 12.8 Å². The molecule has 7 nitrogen and oxygen atoms in total. The van der Waals surface area contributed by atoms with Crippen molar-refractivity contribution < 1.29 is 23.5 Å². The summed E-state index contributed by atoms with van der Waals surface area (Å²) < 4.78 is 16.3. The van der Waals surface area contributed by atoms with E-state index in [0.717, 1.165) is 22.3 Å². The Bertz CT molecular complexity index is 1490. The lowest BCUT2D eigenvalue weighted by molar-refractivity contribution is 0.0984. The van der Waals surface area contributed by atoms with E-state index in [9.17, 15) is 9.59 Å². The molecule has 194 valence electrons. The number of nitrogens with zero attached hydrogens (tertiary/aromatic N) is 2. The summed E-state index contributed by atoms with van der Waals surface area (Å²) in [6.07, 6.45) is 0.546. The van der Waals surface area contributed by atoms with Crippen LogP contribution in [0.1, 0.15) is 31.8 Å². The Labute approximate surface area is 226 Å². The number of benzene rings is 4. The molecule has 7 heteroatoms. The van der Waals surface area contributed by atoms with Gasteiger partial charge in [-0.25, -0.2) is 0 Å². The molecule has 0 atom stereocenters. The number of ketones is 2. The first kappa shape index (κ1) is 25.6. The monoisotopic (exact) mass is 518 g/mol. The highest BCUT2D eigenvalue weighted by Crippen LogP contribution is 2.25. The second-order valence-corrected chi connectivity index (χ2v) is 8.97. The normalized spacial score (nSPS) is 10.7. The Morgan fingerprint density at radius 3 is 1.41 bits per heavy atom. The zero-order valence-corrected chi connectivity index (χ0v) is 21.6. The predicted octanol–water partition coefficient (Wildman–Crippen LogP) is 6.27. The number of carbonyl (C=O) groups excluding carboxylic acids is 2. The maximum Gasteiger partial charge on any atom is 0.248 e. The van der Waals surface area contributed by atoms with Gasteiger partial charge < -0.3 is 13.9 Å². The van der Waals surface area contributed by atoms with Crippen molar-refractivity contribution in [1.82, 2.24) is 10.2 Å². The average molecular weight is 519 g/mol. The van der Waals surface area contributed by atoms with Crippen molar-refractivity contribution in [1.29, 1.82) is 0 Å². The van der Waals surface area contributed by atoms with E-state index in [1.165, 1.54) is 0 Å². The lowest BCUT2D eigenvalue weighted by atomic mass is 10.0. The minimum Gasteiger partial charge on any atom is -0.497 e. The number of Topliss-reactive ketones (excluding diaryl/α,β-unsaturated/α-hetero) is 2. The third-order valence-corrected chi connectivity index (χ3v) is 6.34. The Hall–Kier alpha value is -5.04. The Balaban J connectivity index is 1.22. The third kappa shape index (κ3) is 6.10. The van der Waals surface area contributed by atoms with E-state index in [1.807, 2.05) is 60.7 Å². The highest BCUT2D eigenvalue weighted by molar-refractivity contribution is 5.98. The van der Waals surface area contributed by atoms with Crippen LogP contribution in [0.25, 0.3) is 22.9 Å². The second kappa shape index (κ2) is 11.6. The van der Waals surface area contributed by atoms with Gasteiger partial charge in [-0.1, -0.05) is 48.5 Å². The fourth-order valence-electron chi connectivity index (χ4n) is 4.15. The van der Waals surface area contributed by atoms with E-state index in [4.69, 9.17) is 13.9 Å². The smallest absolute Gasteiger partial charge is 0.248 e. The lowest BCUT2D eigenvalue weighted by Gasteiger charge is -2.05. The van der Waals surface area contributed by atoms with E-state index in [0.29, 0.717) is 34.4 Å². The summed E-state index contributed by atoms with van der Waals surface area (Å²) in [5.41, 5.74) is 4.49. The van der Waals surface area contributed by atoms with Crippen LogP contribution in [-0.4, -0.2) is 36.0 Å². The van der Waals surface area contributed by atoms with Crippen LogP contribution < -0.4 is 9.47 Å². The fourth-order valence-corrected chi connectivity index (χ4v) is 4.15. The molecule has 0 aliphatic heterocycles. The second-order valence-electron chi connectivity index (χ2n) is 8.97. The molecule has 0 saturated carbocycles.